The number of alkyl halides is 1. The van der Waals surface area contributed by atoms with Crippen molar-refractivity contribution in [3.63, 3.8) is 0 Å². The second-order valence-electron chi connectivity index (χ2n) is 4.94. The molecule has 0 aliphatic carbocycles. The van der Waals surface area contributed by atoms with E-state index in [-0.39, 0.29) is 17.4 Å². The van der Waals surface area contributed by atoms with Crippen molar-refractivity contribution in [3.05, 3.63) is 29.8 Å². The minimum Gasteiger partial charge on any atom is -0.349 e. The van der Waals surface area contributed by atoms with E-state index in [4.69, 9.17) is 11.6 Å². The maximum absolute atomic E-state index is 12.4. The van der Waals surface area contributed by atoms with Crippen LogP contribution in [0, 0.1) is 0 Å². The van der Waals surface area contributed by atoms with E-state index in [1.807, 2.05) is 32.0 Å². The van der Waals surface area contributed by atoms with Gasteiger partial charge in [0.05, 0.1) is 11.5 Å². The molecule has 18 heavy (non-hydrogen) atoms. The maximum atomic E-state index is 12.4. The molecule has 1 aliphatic rings. The SMILES string of the molecule is CCC(C)(CCl)NC(=O)C1CSc2ccccc21. The van der Waals surface area contributed by atoms with Crippen molar-refractivity contribution in [2.24, 2.45) is 0 Å². The van der Waals surface area contributed by atoms with Crippen LogP contribution in [-0.2, 0) is 4.79 Å². The Labute approximate surface area is 117 Å². The fraction of sp³-hybridized carbons (Fsp3) is 0.500. The fourth-order valence-corrected chi connectivity index (χ4v) is 3.47. The van der Waals surface area contributed by atoms with Gasteiger partial charge in [0.15, 0.2) is 0 Å². The van der Waals surface area contributed by atoms with Crippen molar-refractivity contribution in [1.82, 2.24) is 5.32 Å². The van der Waals surface area contributed by atoms with Crippen LogP contribution in [0.15, 0.2) is 29.2 Å². The van der Waals surface area contributed by atoms with Crippen molar-refractivity contribution in [2.75, 3.05) is 11.6 Å². The van der Waals surface area contributed by atoms with Crippen molar-refractivity contribution >= 4 is 29.3 Å². The summed E-state index contributed by atoms with van der Waals surface area (Å²) in [6.45, 7) is 4.03. The summed E-state index contributed by atoms with van der Waals surface area (Å²) >= 11 is 7.69. The van der Waals surface area contributed by atoms with Gasteiger partial charge in [-0.15, -0.1) is 23.4 Å². The fourth-order valence-electron chi connectivity index (χ4n) is 1.98. The second-order valence-corrected chi connectivity index (χ2v) is 6.27. The van der Waals surface area contributed by atoms with E-state index in [2.05, 4.69) is 11.4 Å². The Morgan fingerprint density at radius 1 is 1.56 bits per heavy atom. The van der Waals surface area contributed by atoms with Gasteiger partial charge in [0.1, 0.15) is 0 Å². The third-order valence-corrected chi connectivity index (χ3v) is 5.29. The van der Waals surface area contributed by atoms with Crippen LogP contribution >= 0.6 is 23.4 Å². The smallest absolute Gasteiger partial charge is 0.228 e. The van der Waals surface area contributed by atoms with Crippen LogP contribution in [0.3, 0.4) is 0 Å². The molecule has 1 heterocycles. The molecular weight excluding hydrogens is 266 g/mol. The lowest BCUT2D eigenvalue weighted by Crippen LogP contribution is -2.48. The molecule has 1 aromatic rings. The number of hydrogen-bond acceptors (Lipinski definition) is 2. The number of carbonyl (C=O) groups excluding carboxylic acids is 1. The quantitative estimate of drug-likeness (QED) is 0.858. The Hall–Kier alpha value is -0.670. The maximum Gasteiger partial charge on any atom is 0.228 e. The summed E-state index contributed by atoms with van der Waals surface area (Å²) < 4.78 is 0. The Morgan fingerprint density at radius 2 is 2.28 bits per heavy atom. The molecule has 0 bridgehead atoms. The molecule has 0 saturated carbocycles. The largest absolute Gasteiger partial charge is 0.349 e. The highest BCUT2D eigenvalue weighted by molar-refractivity contribution is 7.99. The van der Waals surface area contributed by atoms with Gasteiger partial charge in [-0.25, -0.2) is 0 Å². The number of amides is 1. The molecule has 2 nitrogen and oxygen atoms in total. The highest BCUT2D eigenvalue weighted by Crippen LogP contribution is 2.39. The van der Waals surface area contributed by atoms with Crippen LogP contribution in [-0.4, -0.2) is 23.1 Å². The van der Waals surface area contributed by atoms with E-state index in [9.17, 15) is 4.79 Å². The molecule has 0 saturated heterocycles. The third kappa shape index (κ3) is 2.67. The van der Waals surface area contributed by atoms with Gasteiger partial charge >= 0.3 is 0 Å². The van der Waals surface area contributed by atoms with Gasteiger partial charge in [-0.2, -0.15) is 0 Å². The number of thioether (sulfide) groups is 1. The molecule has 1 aromatic carbocycles. The van der Waals surface area contributed by atoms with E-state index in [1.54, 1.807) is 11.8 Å². The lowest BCUT2D eigenvalue weighted by molar-refractivity contribution is -0.123. The first kappa shape index (κ1) is 13.8. The molecule has 2 atom stereocenters. The first-order valence-electron chi connectivity index (χ1n) is 6.19. The highest BCUT2D eigenvalue weighted by Gasteiger charge is 2.32. The van der Waals surface area contributed by atoms with Crippen LogP contribution in [0.25, 0.3) is 0 Å². The summed E-state index contributed by atoms with van der Waals surface area (Å²) in [6.07, 6.45) is 0.837. The zero-order valence-electron chi connectivity index (χ0n) is 10.7. The van der Waals surface area contributed by atoms with E-state index in [0.29, 0.717) is 5.88 Å². The third-order valence-electron chi connectivity index (χ3n) is 3.52. The van der Waals surface area contributed by atoms with E-state index in [0.717, 1.165) is 17.7 Å². The van der Waals surface area contributed by atoms with Crippen molar-refractivity contribution in [3.8, 4) is 0 Å². The lowest BCUT2D eigenvalue weighted by atomic mass is 9.96. The zero-order valence-corrected chi connectivity index (χ0v) is 12.3. The van der Waals surface area contributed by atoms with Crippen molar-refractivity contribution in [2.45, 2.75) is 36.6 Å². The highest BCUT2D eigenvalue weighted by atomic mass is 35.5. The molecule has 1 aliphatic heterocycles. The summed E-state index contributed by atoms with van der Waals surface area (Å²) in [5.74, 6) is 1.32. The predicted octanol–water partition coefficient (Wildman–Crippen LogP) is 3.40. The molecular formula is C14H18ClNOS. The molecule has 0 aromatic heterocycles. The van der Waals surface area contributed by atoms with Crippen LogP contribution < -0.4 is 5.32 Å². The molecule has 4 heteroatoms. The van der Waals surface area contributed by atoms with E-state index >= 15 is 0 Å². The van der Waals surface area contributed by atoms with Crippen LogP contribution in [0.4, 0.5) is 0 Å². The van der Waals surface area contributed by atoms with Crippen LogP contribution in [0.1, 0.15) is 31.7 Å². The summed E-state index contributed by atoms with van der Waals surface area (Å²) in [5.41, 5.74) is 0.842. The topological polar surface area (TPSA) is 29.1 Å². The van der Waals surface area contributed by atoms with Gasteiger partial charge in [-0.05, 0) is 25.0 Å². The van der Waals surface area contributed by atoms with Crippen LogP contribution in [0.2, 0.25) is 0 Å². The molecule has 1 amide bonds. The summed E-state index contributed by atoms with van der Waals surface area (Å²) in [5, 5.41) is 3.09. The average Bonchev–Trinajstić information content (AvgIpc) is 2.82. The summed E-state index contributed by atoms with van der Waals surface area (Å²) in [6, 6.07) is 8.13. The average molecular weight is 284 g/mol. The van der Waals surface area contributed by atoms with Gasteiger partial charge in [0.2, 0.25) is 5.91 Å². The van der Waals surface area contributed by atoms with Gasteiger partial charge < -0.3 is 5.32 Å². The standard InChI is InChI=1S/C14H18ClNOS/c1-3-14(2,9-15)16-13(17)11-8-18-12-7-5-4-6-10(11)12/h4-7,11H,3,8-9H2,1-2H3,(H,16,17). The molecule has 0 spiro atoms. The zero-order chi connectivity index (χ0) is 13.2. The first-order chi connectivity index (χ1) is 8.59. The summed E-state index contributed by atoms with van der Waals surface area (Å²) in [4.78, 5) is 13.6. The van der Waals surface area contributed by atoms with Gasteiger partial charge in [0, 0.05) is 16.5 Å². The monoisotopic (exact) mass is 283 g/mol. The van der Waals surface area contributed by atoms with Gasteiger partial charge in [-0.3, -0.25) is 4.79 Å². The number of fused-ring (bicyclic) bond motifs is 1. The van der Waals surface area contributed by atoms with E-state index < -0.39 is 0 Å². The number of carbonyl (C=O) groups is 1. The van der Waals surface area contributed by atoms with E-state index in [1.165, 1.54) is 4.90 Å². The van der Waals surface area contributed by atoms with Crippen molar-refractivity contribution < 1.29 is 4.79 Å². The minimum atomic E-state index is -0.305. The second kappa shape index (κ2) is 5.54. The summed E-state index contributed by atoms with van der Waals surface area (Å²) in [7, 11) is 0. The lowest BCUT2D eigenvalue weighted by Gasteiger charge is -2.28. The normalized spacial score (nSPS) is 21.2. The number of rotatable bonds is 4. The molecule has 2 unspecified atom stereocenters. The number of halogens is 1. The molecule has 98 valence electrons. The number of benzene rings is 1. The Kier molecular flexibility index (Phi) is 4.23. The Bertz CT molecular complexity index is 445. The predicted molar refractivity (Wildman–Crippen MR) is 77.5 cm³/mol. The van der Waals surface area contributed by atoms with Gasteiger partial charge in [-0.1, -0.05) is 25.1 Å². The van der Waals surface area contributed by atoms with Crippen molar-refractivity contribution in [1.29, 1.82) is 0 Å². The molecule has 1 N–H and O–H groups in total. The van der Waals surface area contributed by atoms with Crippen LogP contribution in [0.5, 0.6) is 0 Å². The van der Waals surface area contributed by atoms with Gasteiger partial charge in [0.25, 0.3) is 0 Å². The Balaban J connectivity index is 2.12. The molecule has 2 rings (SSSR count). The number of nitrogens with one attached hydrogen (secondary N) is 1. The number of hydrogen-bond donors (Lipinski definition) is 1. The minimum absolute atomic E-state index is 0.0414. The molecule has 0 radical (unpaired) electrons. The first-order valence-corrected chi connectivity index (χ1v) is 7.71. The molecule has 0 fully saturated rings. The Morgan fingerprint density at radius 3 is 2.94 bits per heavy atom.